The number of rotatable bonds is 14. The summed E-state index contributed by atoms with van der Waals surface area (Å²) in [5.41, 5.74) is 5.09. The summed E-state index contributed by atoms with van der Waals surface area (Å²) in [6.45, 7) is 13.6. The molecule has 228 valence electrons. The van der Waals surface area contributed by atoms with Crippen LogP contribution in [0.4, 0.5) is 4.39 Å². The average Bonchev–Trinajstić information content (AvgIpc) is 3.81. The molecule has 0 amide bonds. The maximum atomic E-state index is 15.0. The second kappa shape index (κ2) is 13.8. The number of ether oxygens (including phenoxy) is 1. The lowest BCUT2D eigenvalue weighted by Crippen LogP contribution is -2.36. The Morgan fingerprint density at radius 2 is 1.67 bits per heavy atom. The summed E-state index contributed by atoms with van der Waals surface area (Å²) >= 11 is 0. The van der Waals surface area contributed by atoms with Crippen LogP contribution < -0.4 is 4.74 Å². The van der Waals surface area contributed by atoms with E-state index in [9.17, 15) is 8.96 Å². The van der Waals surface area contributed by atoms with Crippen molar-refractivity contribution in [1.82, 2.24) is 9.88 Å². The van der Waals surface area contributed by atoms with Gasteiger partial charge in [-0.15, -0.1) is 0 Å². The topological polar surface area (TPSA) is 60.9 Å². The van der Waals surface area contributed by atoms with Crippen LogP contribution in [0.2, 0.25) is 0 Å². The van der Waals surface area contributed by atoms with E-state index in [2.05, 4.69) is 55.8 Å². The standard InChI is InChI=1S/C34H46FN2O4P/c1-22(2)37(23(3)4)20-29-17-26(12-15-31(29)32-16-24(5)36-19-33(32)35)21-41-30-11-9-10-28(18-30)34(27-13-14-27)25(6)42(38,39-7)40-8/h9-12,15-19,22-23,25,27,34H,13-14,20-21H2,1-8H3. The summed E-state index contributed by atoms with van der Waals surface area (Å²) in [6.07, 6.45) is 3.50. The molecule has 2 aromatic carbocycles. The average molecular weight is 597 g/mol. The maximum absolute atomic E-state index is 15.0. The summed E-state index contributed by atoms with van der Waals surface area (Å²) in [4.78, 5) is 6.53. The van der Waals surface area contributed by atoms with Crippen molar-refractivity contribution in [3.05, 3.63) is 82.9 Å². The fraction of sp³-hybridized carbons (Fsp3) is 0.500. The van der Waals surface area contributed by atoms with Gasteiger partial charge in [-0.1, -0.05) is 37.3 Å². The first-order valence-electron chi connectivity index (χ1n) is 14.9. The molecule has 1 aromatic heterocycles. The maximum Gasteiger partial charge on any atom is 0.333 e. The number of hydrogen-bond donors (Lipinski definition) is 0. The molecule has 8 heteroatoms. The lowest BCUT2D eigenvalue weighted by atomic mass is 9.91. The molecule has 0 bridgehead atoms. The van der Waals surface area contributed by atoms with E-state index in [0.717, 1.165) is 46.5 Å². The van der Waals surface area contributed by atoms with Gasteiger partial charge in [0.25, 0.3) is 0 Å². The first-order chi connectivity index (χ1) is 20.0. The molecule has 1 saturated carbocycles. The molecule has 0 aliphatic heterocycles. The molecule has 1 fully saturated rings. The van der Waals surface area contributed by atoms with Gasteiger partial charge in [-0.25, -0.2) is 4.39 Å². The van der Waals surface area contributed by atoms with Gasteiger partial charge in [0, 0.05) is 50.0 Å². The van der Waals surface area contributed by atoms with Crippen LogP contribution in [-0.2, 0) is 26.8 Å². The molecule has 6 nitrogen and oxygen atoms in total. The van der Waals surface area contributed by atoms with Gasteiger partial charge in [-0.05, 0) is 93.8 Å². The Kier molecular flexibility index (Phi) is 10.6. The molecule has 1 aliphatic carbocycles. The van der Waals surface area contributed by atoms with Crippen LogP contribution in [0.25, 0.3) is 11.1 Å². The van der Waals surface area contributed by atoms with Crippen LogP contribution in [0.15, 0.2) is 54.7 Å². The van der Waals surface area contributed by atoms with Crippen molar-refractivity contribution in [3.63, 3.8) is 0 Å². The van der Waals surface area contributed by atoms with Crippen LogP contribution in [0.5, 0.6) is 5.75 Å². The smallest absolute Gasteiger partial charge is 0.333 e. The molecule has 2 atom stereocenters. The molecule has 1 heterocycles. The largest absolute Gasteiger partial charge is 0.489 e. The Hall–Kier alpha value is -2.57. The highest BCUT2D eigenvalue weighted by molar-refractivity contribution is 7.54. The molecule has 2 unspecified atom stereocenters. The van der Waals surface area contributed by atoms with Crippen molar-refractivity contribution < 1.29 is 22.7 Å². The third kappa shape index (κ3) is 7.49. The minimum absolute atomic E-state index is 0.0573. The van der Waals surface area contributed by atoms with Crippen LogP contribution in [0.1, 0.15) is 75.8 Å². The lowest BCUT2D eigenvalue weighted by Gasteiger charge is -2.31. The third-order valence-electron chi connectivity index (χ3n) is 8.44. The van der Waals surface area contributed by atoms with E-state index in [0.29, 0.717) is 36.7 Å². The van der Waals surface area contributed by atoms with Gasteiger partial charge in [0.05, 0.1) is 11.9 Å². The predicted molar refractivity (Wildman–Crippen MR) is 168 cm³/mol. The fourth-order valence-electron chi connectivity index (χ4n) is 6.02. The highest BCUT2D eigenvalue weighted by Gasteiger charge is 2.44. The second-order valence-electron chi connectivity index (χ2n) is 12.0. The molecule has 42 heavy (non-hydrogen) atoms. The monoisotopic (exact) mass is 596 g/mol. The van der Waals surface area contributed by atoms with Crippen LogP contribution in [-0.4, -0.2) is 41.8 Å². The Balaban J connectivity index is 1.61. The summed E-state index contributed by atoms with van der Waals surface area (Å²) in [7, 11) is -0.322. The van der Waals surface area contributed by atoms with Crippen molar-refractivity contribution in [3.8, 4) is 16.9 Å². The van der Waals surface area contributed by atoms with Crippen LogP contribution in [0.3, 0.4) is 0 Å². The van der Waals surface area contributed by atoms with Gasteiger partial charge < -0.3 is 13.8 Å². The highest BCUT2D eigenvalue weighted by Crippen LogP contribution is 2.60. The quantitative estimate of drug-likeness (QED) is 0.173. The highest BCUT2D eigenvalue weighted by atomic mass is 31.2. The van der Waals surface area contributed by atoms with Gasteiger partial charge in [0.1, 0.15) is 18.2 Å². The summed E-state index contributed by atoms with van der Waals surface area (Å²) < 4.78 is 45.2. The molecule has 0 radical (unpaired) electrons. The van der Waals surface area contributed by atoms with Gasteiger partial charge in [-0.2, -0.15) is 0 Å². The van der Waals surface area contributed by atoms with Crippen molar-refractivity contribution in [2.45, 2.75) is 91.2 Å². The Bertz CT molecular complexity index is 1390. The molecule has 0 N–H and O–H groups in total. The van der Waals surface area contributed by atoms with E-state index < -0.39 is 7.60 Å². The molecular formula is C34H46FN2O4P. The number of pyridine rings is 1. The normalized spacial score (nSPS) is 15.4. The van der Waals surface area contributed by atoms with Crippen molar-refractivity contribution >= 4 is 7.60 Å². The minimum Gasteiger partial charge on any atom is -0.489 e. The molecule has 4 rings (SSSR count). The Labute approximate surface area is 251 Å². The summed E-state index contributed by atoms with van der Waals surface area (Å²) in [5.74, 6) is 0.935. The van der Waals surface area contributed by atoms with Gasteiger partial charge in [-0.3, -0.25) is 14.4 Å². The predicted octanol–water partition coefficient (Wildman–Crippen LogP) is 8.76. The molecule has 0 saturated heterocycles. The fourth-order valence-corrected chi connectivity index (χ4v) is 7.64. The van der Waals surface area contributed by atoms with E-state index in [1.54, 1.807) is 0 Å². The Morgan fingerprint density at radius 1 is 0.976 bits per heavy atom. The van der Waals surface area contributed by atoms with E-state index in [1.165, 1.54) is 20.4 Å². The first-order valence-corrected chi connectivity index (χ1v) is 16.5. The Morgan fingerprint density at radius 3 is 2.29 bits per heavy atom. The third-order valence-corrected chi connectivity index (χ3v) is 10.8. The molecular weight excluding hydrogens is 550 g/mol. The van der Waals surface area contributed by atoms with E-state index in [1.807, 2.05) is 44.2 Å². The number of hydrogen-bond acceptors (Lipinski definition) is 6. The van der Waals surface area contributed by atoms with Gasteiger partial charge in [0.2, 0.25) is 0 Å². The zero-order valence-electron chi connectivity index (χ0n) is 26.3. The number of halogens is 1. The second-order valence-corrected chi connectivity index (χ2v) is 14.7. The molecule has 1 aliphatic rings. The number of nitrogens with zero attached hydrogens (tertiary/aromatic N) is 2. The molecule has 3 aromatic rings. The van der Waals surface area contributed by atoms with Crippen molar-refractivity contribution in [2.24, 2.45) is 5.92 Å². The van der Waals surface area contributed by atoms with E-state index in [-0.39, 0.29) is 17.4 Å². The van der Waals surface area contributed by atoms with Gasteiger partial charge >= 0.3 is 7.60 Å². The van der Waals surface area contributed by atoms with E-state index >= 15 is 0 Å². The van der Waals surface area contributed by atoms with Crippen LogP contribution >= 0.6 is 7.60 Å². The molecule has 0 spiro atoms. The summed E-state index contributed by atoms with van der Waals surface area (Å²) in [5, 5.41) is 0. The van der Waals surface area contributed by atoms with Crippen molar-refractivity contribution in [2.75, 3.05) is 14.2 Å². The SMILES string of the molecule is COP(=O)(OC)C(C)C(c1cccc(OCc2ccc(-c3cc(C)ncc3F)c(CN(C(C)C)C(C)C)c2)c1)C1CC1. The zero-order chi connectivity index (χ0) is 30.6. The number of aryl methyl sites for hydroxylation is 1. The van der Waals surface area contributed by atoms with Crippen molar-refractivity contribution in [1.29, 1.82) is 0 Å². The minimum atomic E-state index is -3.23. The van der Waals surface area contributed by atoms with Crippen LogP contribution in [0, 0.1) is 18.7 Å². The lowest BCUT2D eigenvalue weighted by molar-refractivity contribution is 0.166. The number of benzene rings is 2. The first kappa shape index (κ1) is 32.3. The van der Waals surface area contributed by atoms with Gasteiger partial charge in [0.15, 0.2) is 0 Å². The number of aromatic nitrogens is 1. The summed E-state index contributed by atoms with van der Waals surface area (Å²) in [6, 6.07) is 16.7. The zero-order valence-corrected chi connectivity index (χ0v) is 27.2. The van der Waals surface area contributed by atoms with E-state index in [4.69, 9.17) is 13.8 Å².